The maximum absolute atomic E-state index is 15.4. The topological polar surface area (TPSA) is 117 Å². The Morgan fingerprint density at radius 2 is 1.89 bits per heavy atom. The summed E-state index contributed by atoms with van der Waals surface area (Å²) in [5, 5.41) is 2.47. The number of carbonyl (C=O) groups is 1. The maximum atomic E-state index is 15.4. The van der Waals surface area contributed by atoms with E-state index in [1.54, 1.807) is 27.7 Å². The summed E-state index contributed by atoms with van der Waals surface area (Å²) in [6.07, 6.45) is -0.655. The van der Waals surface area contributed by atoms with Gasteiger partial charge in [-0.05, 0) is 57.9 Å². The van der Waals surface area contributed by atoms with Crippen LogP contribution in [0.15, 0.2) is 53.5 Å². The van der Waals surface area contributed by atoms with Gasteiger partial charge in [0.2, 0.25) is 16.0 Å². The highest BCUT2D eigenvalue weighted by atomic mass is 32.2. The van der Waals surface area contributed by atoms with E-state index in [-0.39, 0.29) is 30.2 Å². The monoisotopic (exact) mass is 531 g/mol. The third kappa shape index (κ3) is 4.77. The van der Waals surface area contributed by atoms with Gasteiger partial charge >= 0.3 is 6.09 Å². The molecule has 0 saturated carbocycles. The molecule has 200 valence electrons. The minimum absolute atomic E-state index is 0.0502. The lowest BCUT2D eigenvalue weighted by Crippen LogP contribution is -2.66. The van der Waals surface area contributed by atoms with Crippen molar-refractivity contribution in [1.82, 2.24) is 14.5 Å². The summed E-state index contributed by atoms with van der Waals surface area (Å²) in [6.45, 7) is 7.78. The molecule has 1 spiro atoms. The molecule has 0 aliphatic carbocycles. The molecule has 2 atom stereocenters. The van der Waals surface area contributed by atoms with E-state index in [1.165, 1.54) is 25.2 Å². The molecule has 9 nitrogen and oxygen atoms in total. The van der Waals surface area contributed by atoms with E-state index in [4.69, 9.17) is 15.5 Å². The second-order valence-corrected chi connectivity index (χ2v) is 13.1. The van der Waals surface area contributed by atoms with Crippen LogP contribution in [0.5, 0.6) is 0 Å². The number of benzene rings is 2. The quantitative estimate of drug-likeness (QED) is 0.586. The van der Waals surface area contributed by atoms with Crippen LogP contribution in [0.4, 0.5) is 14.9 Å². The number of likely N-dealkylation sites (tertiary alicyclic amines) is 1. The number of alkyl carbamates (subject to hydrolysis) is 1. The van der Waals surface area contributed by atoms with Crippen molar-refractivity contribution in [2.24, 2.45) is 4.99 Å². The largest absolute Gasteiger partial charge is 0.444 e. The van der Waals surface area contributed by atoms with Crippen molar-refractivity contribution in [1.29, 1.82) is 0 Å². The molecule has 3 N–H and O–H groups in total. The zero-order valence-corrected chi connectivity index (χ0v) is 22.6. The molecule has 0 aromatic heterocycles. The summed E-state index contributed by atoms with van der Waals surface area (Å²) < 4.78 is 48.7. The summed E-state index contributed by atoms with van der Waals surface area (Å²) in [6, 6.07) is 13.8. The standard InChI is InChI=1S/C26H34FN5O4S/c1-24(2,3)36-23(33)29-22-30-25(4,20-15-19(28)11-12-21(20)27)26(37(34,35)31(22)5)13-14-32(17-26)16-18-9-7-6-8-10-18/h6-12,15H,13-14,16-17,28H2,1-5H3,(H,29,30,33)/t25-,26-/m1/s1. The first-order valence-electron chi connectivity index (χ1n) is 12.1. The molecule has 2 heterocycles. The number of hydrogen-bond acceptors (Lipinski definition) is 7. The van der Waals surface area contributed by atoms with Crippen LogP contribution in [0, 0.1) is 5.82 Å². The van der Waals surface area contributed by atoms with Gasteiger partial charge in [0.1, 0.15) is 21.7 Å². The number of ether oxygens (including phenoxy) is 1. The van der Waals surface area contributed by atoms with Gasteiger partial charge in [0.15, 0.2) is 0 Å². The molecule has 2 aromatic rings. The summed E-state index contributed by atoms with van der Waals surface area (Å²) >= 11 is 0. The van der Waals surface area contributed by atoms with Crippen LogP contribution in [0.1, 0.15) is 45.2 Å². The third-order valence-corrected chi connectivity index (χ3v) is 9.67. The van der Waals surface area contributed by atoms with Gasteiger partial charge in [0.05, 0.1) is 0 Å². The molecule has 11 heteroatoms. The van der Waals surface area contributed by atoms with E-state index in [2.05, 4.69) is 5.32 Å². The predicted octanol–water partition coefficient (Wildman–Crippen LogP) is 3.42. The fourth-order valence-corrected chi connectivity index (χ4v) is 7.37. The lowest BCUT2D eigenvalue weighted by atomic mass is 9.78. The summed E-state index contributed by atoms with van der Waals surface area (Å²) in [5.74, 6) is -0.872. The summed E-state index contributed by atoms with van der Waals surface area (Å²) in [4.78, 5) is 19.4. The average molecular weight is 532 g/mol. The van der Waals surface area contributed by atoms with Crippen molar-refractivity contribution in [3.05, 3.63) is 65.5 Å². The molecule has 2 aromatic carbocycles. The van der Waals surface area contributed by atoms with Crippen molar-refractivity contribution >= 4 is 27.8 Å². The maximum Gasteiger partial charge on any atom is 0.414 e. The molecular formula is C26H34FN5O4S. The second-order valence-electron chi connectivity index (χ2n) is 10.8. The van der Waals surface area contributed by atoms with Crippen LogP contribution in [0.25, 0.3) is 0 Å². The van der Waals surface area contributed by atoms with Gasteiger partial charge < -0.3 is 10.5 Å². The van der Waals surface area contributed by atoms with Crippen LogP contribution >= 0.6 is 0 Å². The Labute approximate surface area is 217 Å². The first-order valence-corrected chi connectivity index (χ1v) is 13.5. The molecule has 1 amide bonds. The molecule has 0 unspecified atom stereocenters. The molecule has 0 radical (unpaired) electrons. The minimum Gasteiger partial charge on any atom is -0.444 e. The smallest absolute Gasteiger partial charge is 0.414 e. The molecule has 2 aliphatic heterocycles. The highest BCUT2D eigenvalue weighted by molar-refractivity contribution is 7.91. The van der Waals surface area contributed by atoms with E-state index in [0.29, 0.717) is 13.1 Å². The number of nitrogens with zero attached hydrogens (tertiary/aromatic N) is 3. The lowest BCUT2D eigenvalue weighted by molar-refractivity contribution is 0.0558. The number of hydrogen-bond donors (Lipinski definition) is 2. The Morgan fingerprint density at radius 1 is 1.22 bits per heavy atom. The number of nitrogens with two attached hydrogens (primary N) is 1. The molecule has 2 aliphatic rings. The number of aliphatic imine (C=N–C) groups is 1. The van der Waals surface area contributed by atoms with Crippen molar-refractivity contribution in [3.63, 3.8) is 0 Å². The van der Waals surface area contributed by atoms with E-state index in [1.807, 2.05) is 35.2 Å². The molecule has 1 fully saturated rings. The zero-order chi connectivity index (χ0) is 27.2. The average Bonchev–Trinajstić information content (AvgIpc) is 3.24. The second kappa shape index (κ2) is 9.29. The van der Waals surface area contributed by atoms with Gasteiger partial charge in [0.25, 0.3) is 0 Å². The molecule has 4 rings (SSSR count). The van der Waals surface area contributed by atoms with Crippen molar-refractivity contribution < 1.29 is 22.3 Å². The van der Waals surface area contributed by atoms with E-state index in [9.17, 15) is 13.2 Å². The third-order valence-electron chi connectivity index (χ3n) is 7.06. The molecular weight excluding hydrogens is 497 g/mol. The fourth-order valence-electron chi connectivity index (χ4n) is 5.18. The van der Waals surface area contributed by atoms with Crippen LogP contribution in [0.2, 0.25) is 0 Å². The van der Waals surface area contributed by atoms with Crippen molar-refractivity contribution in [2.45, 2.75) is 56.5 Å². The Kier molecular flexibility index (Phi) is 6.74. The van der Waals surface area contributed by atoms with Gasteiger partial charge in [-0.15, -0.1) is 0 Å². The van der Waals surface area contributed by atoms with Crippen LogP contribution < -0.4 is 11.1 Å². The first kappa shape index (κ1) is 26.9. The number of nitrogens with one attached hydrogen (secondary N) is 1. The molecule has 0 bridgehead atoms. The molecule has 37 heavy (non-hydrogen) atoms. The van der Waals surface area contributed by atoms with Gasteiger partial charge in [-0.2, -0.15) is 0 Å². The van der Waals surface area contributed by atoms with Gasteiger partial charge in [0, 0.05) is 37.9 Å². The number of nitrogen functional groups attached to an aromatic ring is 1. The summed E-state index contributed by atoms with van der Waals surface area (Å²) in [5.41, 5.74) is 4.96. The van der Waals surface area contributed by atoms with E-state index in [0.717, 1.165) is 9.87 Å². The van der Waals surface area contributed by atoms with Crippen LogP contribution in [0.3, 0.4) is 0 Å². The van der Waals surface area contributed by atoms with Crippen molar-refractivity contribution in [2.75, 3.05) is 25.9 Å². The first-order chi connectivity index (χ1) is 17.2. The number of carbonyl (C=O) groups excluding carboxylic acids is 1. The molecule has 1 saturated heterocycles. The number of guanidine groups is 1. The van der Waals surface area contributed by atoms with Crippen LogP contribution in [-0.2, 0) is 26.8 Å². The zero-order valence-electron chi connectivity index (χ0n) is 21.8. The number of amides is 1. The number of anilines is 1. The number of halogens is 1. The predicted molar refractivity (Wildman–Crippen MR) is 141 cm³/mol. The minimum atomic E-state index is -4.17. The SMILES string of the molecule is CN1C(NC(=O)OC(C)(C)C)=N[C@](C)(c2cc(N)ccc2F)[C@]2(CCN(Cc3ccccc3)C2)S1(=O)=O. The van der Waals surface area contributed by atoms with E-state index >= 15 is 4.39 Å². The summed E-state index contributed by atoms with van der Waals surface area (Å²) in [7, 11) is -2.83. The van der Waals surface area contributed by atoms with Gasteiger partial charge in [-0.25, -0.2) is 26.9 Å². The van der Waals surface area contributed by atoms with Crippen LogP contribution in [-0.4, -0.2) is 60.2 Å². The fraction of sp³-hybridized carbons (Fsp3) is 0.462. The Balaban J connectivity index is 1.84. The van der Waals surface area contributed by atoms with E-state index < -0.39 is 37.8 Å². The normalized spacial score (nSPS) is 25.7. The van der Waals surface area contributed by atoms with Gasteiger partial charge in [-0.3, -0.25) is 10.2 Å². The Hall–Kier alpha value is -3.18. The highest BCUT2D eigenvalue weighted by Gasteiger charge is 2.66. The Morgan fingerprint density at radius 3 is 2.54 bits per heavy atom. The van der Waals surface area contributed by atoms with Crippen molar-refractivity contribution in [3.8, 4) is 0 Å². The lowest BCUT2D eigenvalue weighted by Gasteiger charge is -2.49. The number of rotatable bonds is 3. The number of sulfonamides is 1. The Bertz CT molecular complexity index is 1330. The highest BCUT2D eigenvalue weighted by Crippen LogP contribution is 2.52. The van der Waals surface area contributed by atoms with Gasteiger partial charge in [-0.1, -0.05) is 30.3 Å².